The minimum atomic E-state index is -0.355. The van der Waals surface area contributed by atoms with Crippen LogP contribution in [0.3, 0.4) is 0 Å². The largest absolute Gasteiger partial charge is 0.496 e. The molecule has 6 nitrogen and oxygen atoms in total. The number of nitrogens with zero attached hydrogens (tertiary/aromatic N) is 1. The topological polar surface area (TPSA) is 78.1 Å². The standard InChI is InChI=1S/C19H29N3O3.HI/c1-23-17-9-5-4-8-15(17)12-21-18(20)22-13-16-14-24-19(25-16)10-6-2-3-7-11-19;/h4-5,8-9,16H,2-3,6-7,10-14H2,1H3,(H3,20,21,22);1H. The molecule has 1 aromatic carbocycles. The van der Waals surface area contributed by atoms with Gasteiger partial charge in [0.2, 0.25) is 0 Å². The number of methoxy groups -OCH3 is 1. The Balaban J connectivity index is 0.00000243. The molecule has 1 aliphatic heterocycles. The number of halogens is 1. The summed E-state index contributed by atoms with van der Waals surface area (Å²) < 4.78 is 17.5. The molecule has 0 bridgehead atoms. The highest BCUT2D eigenvalue weighted by Crippen LogP contribution is 2.36. The van der Waals surface area contributed by atoms with Crippen LogP contribution >= 0.6 is 24.0 Å². The van der Waals surface area contributed by atoms with Crippen LogP contribution in [-0.2, 0) is 16.0 Å². The number of guanidine groups is 1. The van der Waals surface area contributed by atoms with Crippen molar-refractivity contribution in [1.82, 2.24) is 5.32 Å². The van der Waals surface area contributed by atoms with Gasteiger partial charge in [-0.3, -0.25) is 0 Å². The van der Waals surface area contributed by atoms with Crippen LogP contribution in [-0.4, -0.2) is 38.1 Å². The number of hydrogen-bond acceptors (Lipinski definition) is 4. The van der Waals surface area contributed by atoms with E-state index < -0.39 is 0 Å². The zero-order chi connectivity index (χ0) is 17.5. The summed E-state index contributed by atoms with van der Waals surface area (Å²) in [6.07, 6.45) is 6.95. The molecule has 7 heteroatoms. The van der Waals surface area contributed by atoms with E-state index in [1.165, 1.54) is 25.7 Å². The molecule has 1 spiro atoms. The normalized spacial score (nSPS) is 22.5. The highest BCUT2D eigenvalue weighted by atomic mass is 127. The first-order valence-corrected chi connectivity index (χ1v) is 9.18. The third-order valence-electron chi connectivity index (χ3n) is 4.90. The molecule has 0 radical (unpaired) electrons. The smallest absolute Gasteiger partial charge is 0.189 e. The molecular weight excluding hydrogens is 445 g/mol. The van der Waals surface area contributed by atoms with Crippen LogP contribution in [0.1, 0.15) is 44.1 Å². The Kier molecular flexibility index (Phi) is 8.43. The van der Waals surface area contributed by atoms with E-state index in [-0.39, 0.29) is 35.9 Å². The minimum absolute atomic E-state index is 0. The van der Waals surface area contributed by atoms with Gasteiger partial charge in [0.05, 0.1) is 20.3 Å². The van der Waals surface area contributed by atoms with E-state index in [4.69, 9.17) is 19.9 Å². The van der Waals surface area contributed by atoms with Crippen LogP contribution in [0, 0.1) is 0 Å². The maximum absolute atomic E-state index is 6.20. The van der Waals surface area contributed by atoms with Crippen LogP contribution in [0.5, 0.6) is 5.75 Å². The molecule has 2 aliphatic rings. The van der Waals surface area contributed by atoms with Crippen molar-refractivity contribution in [2.75, 3.05) is 20.3 Å². The second kappa shape index (κ2) is 10.3. The Morgan fingerprint density at radius 2 is 2.00 bits per heavy atom. The van der Waals surface area contributed by atoms with Crippen molar-refractivity contribution in [3.8, 4) is 5.75 Å². The number of aliphatic imine (C=N–C) groups is 1. The minimum Gasteiger partial charge on any atom is -0.496 e. The van der Waals surface area contributed by atoms with Crippen molar-refractivity contribution >= 4 is 29.9 Å². The number of ether oxygens (including phenoxy) is 3. The monoisotopic (exact) mass is 475 g/mol. The maximum atomic E-state index is 6.20. The third-order valence-corrected chi connectivity index (χ3v) is 4.90. The van der Waals surface area contributed by atoms with E-state index in [1.807, 2.05) is 24.3 Å². The molecule has 1 aromatic rings. The maximum Gasteiger partial charge on any atom is 0.189 e. The lowest BCUT2D eigenvalue weighted by atomic mass is 10.1. The van der Waals surface area contributed by atoms with Gasteiger partial charge in [0.25, 0.3) is 0 Å². The zero-order valence-corrected chi connectivity index (χ0v) is 17.7. The zero-order valence-electron chi connectivity index (χ0n) is 15.4. The van der Waals surface area contributed by atoms with Gasteiger partial charge in [0.15, 0.2) is 11.7 Å². The quantitative estimate of drug-likeness (QED) is 0.389. The first-order valence-electron chi connectivity index (χ1n) is 9.18. The SMILES string of the molecule is COc1ccccc1CN=C(N)NCC1COC2(CCCCCC2)O1.I. The van der Waals surface area contributed by atoms with Gasteiger partial charge in [-0.05, 0) is 18.9 Å². The highest BCUT2D eigenvalue weighted by Gasteiger charge is 2.41. The van der Waals surface area contributed by atoms with Crippen LogP contribution in [0.25, 0.3) is 0 Å². The lowest BCUT2D eigenvalue weighted by Crippen LogP contribution is -2.39. The molecule has 2 fully saturated rings. The van der Waals surface area contributed by atoms with Gasteiger partial charge in [-0.25, -0.2) is 4.99 Å². The van der Waals surface area contributed by atoms with E-state index in [0.717, 1.165) is 24.2 Å². The fourth-order valence-electron chi connectivity index (χ4n) is 3.52. The van der Waals surface area contributed by atoms with Gasteiger partial charge in [-0.1, -0.05) is 31.0 Å². The molecule has 1 heterocycles. The molecule has 1 atom stereocenters. The van der Waals surface area contributed by atoms with Gasteiger partial charge in [0, 0.05) is 24.9 Å². The average Bonchev–Trinajstić information content (AvgIpc) is 2.89. The first-order chi connectivity index (χ1) is 12.2. The van der Waals surface area contributed by atoms with Gasteiger partial charge in [0.1, 0.15) is 11.9 Å². The molecule has 0 aromatic heterocycles. The second-order valence-electron chi connectivity index (χ2n) is 6.77. The molecule has 3 N–H and O–H groups in total. The summed E-state index contributed by atoms with van der Waals surface area (Å²) in [4.78, 5) is 4.39. The lowest BCUT2D eigenvalue weighted by Gasteiger charge is -2.26. The summed E-state index contributed by atoms with van der Waals surface area (Å²) >= 11 is 0. The number of rotatable bonds is 5. The molecule has 1 unspecified atom stereocenters. The van der Waals surface area contributed by atoms with Crippen molar-refractivity contribution in [1.29, 1.82) is 0 Å². The Hall–Kier alpha value is -1.06. The van der Waals surface area contributed by atoms with Gasteiger partial charge in [-0.15, -0.1) is 24.0 Å². The third kappa shape index (κ3) is 5.72. The number of benzene rings is 1. The number of nitrogens with one attached hydrogen (secondary N) is 1. The highest BCUT2D eigenvalue weighted by molar-refractivity contribution is 14.0. The van der Waals surface area contributed by atoms with E-state index in [2.05, 4.69) is 10.3 Å². The summed E-state index contributed by atoms with van der Waals surface area (Å²) in [5, 5.41) is 3.15. The number of nitrogens with two attached hydrogens (primary N) is 1. The predicted molar refractivity (Wildman–Crippen MR) is 113 cm³/mol. The van der Waals surface area contributed by atoms with Crippen molar-refractivity contribution in [3.63, 3.8) is 0 Å². The molecule has 3 rings (SSSR count). The number of para-hydroxylation sites is 1. The van der Waals surface area contributed by atoms with Crippen molar-refractivity contribution in [3.05, 3.63) is 29.8 Å². The molecule has 1 saturated heterocycles. The summed E-state index contributed by atoms with van der Waals surface area (Å²) in [6, 6.07) is 7.81. The van der Waals surface area contributed by atoms with Gasteiger partial charge < -0.3 is 25.3 Å². The average molecular weight is 475 g/mol. The lowest BCUT2D eigenvalue weighted by molar-refractivity contribution is -0.175. The Morgan fingerprint density at radius 1 is 1.27 bits per heavy atom. The summed E-state index contributed by atoms with van der Waals surface area (Å²) in [5.41, 5.74) is 6.99. The van der Waals surface area contributed by atoms with E-state index in [9.17, 15) is 0 Å². The van der Waals surface area contributed by atoms with Crippen molar-refractivity contribution in [2.45, 2.75) is 57.0 Å². The molecular formula is C19H30IN3O3. The Bertz CT molecular complexity index is 589. The fraction of sp³-hybridized carbons (Fsp3) is 0.632. The van der Waals surface area contributed by atoms with Crippen molar-refractivity contribution < 1.29 is 14.2 Å². The van der Waals surface area contributed by atoms with E-state index in [1.54, 1.807) is 7.11 Å². The molecule has 1 saturated carbocycles. The van der Waals surface area contributed by atoms with Gasteiger partial charge in [-0.2, -0.15) is 0 Å². The van der Waals surface area contributed by atoms with Crippen molar-refractivity contribution in [2.24, 2.45) is 10.7 Å². The molecule has 1 aliphatic carbocycles. The van der Waals surface area contributed by atoms with Crippen LogP contribution < -0.4 is 15.8 Å². The van der Waals surface area contributed by atoms with Crippen LogP contribution in [0.2, 0.25) is 0 Å². The van der Waals surface area contributed by atoms with E-state index >= 15 is 0 Å². The Morgan fingerprint density at radius 3 is 2.73 bits per heavy atom. The second-order valence-corrected chi connectivity index (χ2v) is 6.77. The van der Waals surface area contributed by atoms with Crippen LogP contribution in [0.4, 0.5) is 0 Å². The molecule has 146 valence electrons. The fourth-order valence-corrected chi connectivity index (χ4v) is 3.52. The summed E-state index contributed by atoms with van der Waals surface area (Å²) in [5.74, 6) is 0.879. The Labute approximate surface area is 172 Å². The summed E-state index contributed by atoms with van der Waals surface area (Å²) in [6.45, 7) is 1.71. The van der Waals surface area contributed by atoms with Crippen LogP contribution in [0.15, 0.2) is 29.3 Å². The summed E-state index contributed by atoms with van der Waals surface area (Å²) in [7, 11) is 1.66. The van der Waals surface area contributed by atoms with E-state index in [0.29, 0.717) is 25.7 Å². The number of hydrogen-bond donors (Lipinski definition) is 2. The molecule has 26 heavy (non-hydrogen) atoms. The first kappa shape index (κ1) is 21.2. The predicted octanol–water partition coefficient (Wildman–Crippen LogP) is 3.18. The molecule has 0 amide bonds. The van der Waals surface area contributed by atoms with Gasteiger partial charge >= 0.3 is 0 Å².